The third-order valence-electron chi connectivity index (χ3n) is 5.64. The third-order valence-corrected chi connectivity index (χ3v) is 5.64. The quantitative estimate of drug-likeness (QED) is 0.281. The molecule has 0 N–H and O–H groups in total. The van der Waals surface area contributed by atoms with Gasteiger partial charge in [-0.1, -0.05) is 24.6 Å². The van der Waals surface area contributed by atoms with Crippen LogP contribution in [0.3, 0.4) is 0 Å². The van der Waals surface area contributed by atoms with Crippen LogP contribution in [0.2, 0.25) is 0 Å². The second-order valence-electron chi connectivity index (χ2n) is 7.98. The molecule has 0 saturated carbocycles. The van der Waals surface area contributed by atoms with E-state index in [0.29, 0.717) is 31.4 Å². The van der Waals surface area contributed by atoms with Crippen LogP contribution in [0.1, 0.15) is 36.0 Å². The molecule has 2 aliphatic heterocycles. The molecule has 0 radical (unpaired) electrons. The molecule has 37 heavy (non-hydrogen) atoms. The lowest BCUT2D eigenvalue weighted by molar-refractivity contribution is -0.464. The molecule has 206 valence electrons. The molecular weight excluding hydrogens is 545 g/mol. The SMILES string of the molecule is O=C(OC1=NCCCCC1)c1ccccc1B1OC(C(F)(F)F)(C(F)(F)F)C(C(F)(F)F)(C(F)(F)F)O1. The number of carbonyl (C=O) groups excluding carboxylic acids is 1. The van der Waals surface area contributed by atoms with E-state index in [9.17, 15) is 57.5 Å². The lowest BCUT2D eigenvalue weighted by Crippen LogP contribution is -2.79. The van der Waals surface area contributed by atoms with Gasteiger partial charge >= 0.3 is 37.8 Å². The van der Waals surface area contributed by atoms with Crippen molar-refractivity contribution in [1.29, 1.82) is 0 Å². The van der Waals surface area contributed by atoms with Crippen LogP contribution in [0.25, 0.3) is 0 Å². The molecule has 18 heteroatoms. The number of aliphatic imine (C=N–C) groups is 1. The topological polar surface area (TPSA) is 57.1 Å². The van der Waals surface area contributed by atoms with E-state index in [1.165, 1.54) is 0 Å². The number of carbonyl (C=O) groups is 1. The zero-order valence-electron chi connectivity index (χ0n) is 18.0. The normalized spacial score (nSPS) is 20.9. The lowest BCUT2D eigenvalue weighted by Gasteiger charge is -2.46. The van der Waals surface area contributed by atoms with Crippen molar-refractivity contribution in [2.75, 3.05) is 6.54 Å². The van der Waals surface area contributed by atoms with Gasteiger partial charge in [-0.2, -0.15) is 52.7 Å². The maximum absolute atomic E-state index is 13.7. The zero-order chi connectivity index (χ0) is 28.1. The number of esters is 1. The summed E-state index contributed by atoms with van der Waals surface area (Å²) in [7, 11) is -3.61. The van der Waals surface area contributed by atoms with Crippen LogP contribution >= 0.6 is 0 Å². The fraction of sp³-hybridized carbons (Fsp3) is 0.579. The minimum atomic E-state index is -7.35. The monoisotopic (exact) mass is 559 g/mol. The van der Waals surface area contributed by atoms with E-state index in [0.717, 1.165) is 12.1 Å². The van der Waals surface area contributed by atoms with Crippen molar-refractivity contribution in [3.05, 3.63) is 29.8 Å². The Morgan fingerprint density at radius 3 is 1.76 bits per heavy atom. The average molecular weight is 559 g/mol. The minimum absolute atomic E-state index is 0.0981. The van der Waals surface area contributed by atoms with Crippen molar-refractivity contribution in [3.63, 3.8) is 0 Å². The Morgan fingerprint density at radius 2 is 1.27 bits per heavy atom. The second kappa shape index (κ2) is 9.36. The molecule has 5 nitrogen and oxygen atoms in total. The maximum atomic E-state index is 13.7. The van der Waals surface area contributed by atoms with Gasteiger partial charge in [0.25, 0.3) is 11.2 Å². The molecule has 0 unspecified atom stereocenters. The first-order valence-corrected chi connectivity index (χ1v) is 10.3. The van der Waals surface area contributed by atoms with Crippen LogP contribution in [-0.2, 0) is 14.0 Å². The highest BCUT2D eigenvalue weighted by Crippen LogP contribution is 2.66. The number of rotatable bonds is 2. The largest absolute Gasteiger partial charge is 0.496 e. The Morgan fingerprint density at radius 1 is 0.784 bits per heavy atom. The van der Waals surface area contributed by atoms with Gasteiger partial charge in [0.2, 0.25) is 0 Å². The van der Waals surface area contributed by atoms with Crippen molar-refractivity contribution < 1.29 is 71.5 Å². The van der Waals surface area contributed by atoms with Gasteiger partial charge in [0.15, 0.2) is 5.90 Å². The van der Waals surface area contributed by atoms with E-state index in [4.69, 9.17) is 4.74 Å². The molecular formula is C19H14BF12NO4. The predicted molar refractivity (Wildman–Crippen MR) is 99.9 cm³/mol. The number of hydrogen-bond acceptors (Lipinski definition) is 5. The molecule has 1 aromatic rings. The molecule has 3 rings (SSSR count). The maximum Gasteiger partial charge on any atom is 0.496 e. The van der Waals surface area contributed by atoms with E-state index in [2.05, 4.69) is 14.3 Å². The highest BCUT2D eigenvalue weighted by Gasteiger charge is 2.98. The predicted octanol–water partition coefficient (Wildman–Crippen LogP) is 5.28. The summed E-state index contributed by atoms with van der Waals surface area (Å²) in [4.78, 5) is 16.5. The van der Waals surface area contributed by atoms with Crippen LogP contribution in [0, 0.1) is 0 Å². The molecule has 2 heterocycles. The van der Waals surface area contributed by atoms with Crippen molar-refractivity contribution in [2.45, 2.75) is 61.6 Å². The van der Waals surface area contributed by atoms with Gasteiger partial charge in [-0.3, -0.25) is 4.99 Å². The Bertz CT molecular complexity index is 979. The Hall–Kier alpha value is -2.50. The summed E-state index contributed by atoms with van der Waals surface area (Å²) in [6.45, 7) is 0.207. The van der Waals surface area contributed by atoms with Gasteiger partial charge in [-0.25, -0.2) is 4.79 Å². The van der Waals surface area contributed by atoms with Crippen LogP contribution in [0.5, 0.6) is 0 Å². The van der Waals surface area contributed by atoms with Gasteiger partial charge in [-0.15, -0.1) is 0 Å². The van der Waals surface area contributed by atoms with Crippen LogP contribution in [0.15, 0.2) is 29.3 Å². The van der Waals surface area contributed by atoms with Gasteiger partial charge in [0.1, 0.15) is 0 Å². The first kappa shape index (κ1) is 29.1. The lowest BCUT2D eigenvalue weighted by atomic mass is 9.76. The van der Waals surface area contributed by atoms with E-state index in [1.54, 1.807) is 0 Å². The molecule has 1 aromatic carbocycles. The van der Waals surface area contributed by atoms with Gasteiger partial charge in [0, 0.05) is 13.0 Å². The van der Waals surface area contributed by atoms with Crippen LogP contribution in [0.4, 0.5) is 52.7 Å². The molecule has 0 aromatic heterocycles. The Kier molecular flexibility index (Phi) is 7.35. The van der Waals surface area contributed by atoms with Crippen molar-refractivity contribution in [3.8, 4) is 0 Å². The average Bonchev–Trinajstić information content (AvgIpc) is 2.99. The minimum Gasteiger partial charge on any atom is -0.408 e. The molecule has 0 aliphatic carbocycles. The van der Waals surface area contributed by atoms with Gasteiger partial charge in [-0.05, 0) is 24.4 Å². The van der Waals surface area contributed by atoms with E-state index >= 15 is 0 Å². The van der Waals surface area contributed by atoms with Crippen LogP contribution < -0.4 is 5.46 Å². The van der Waals surface area contributed by atoms with Crippen molar-refractivity contribution >= 4 is 24.4 Å². The highest BCUT2D eigenvalue weighted by molar-refractivity contribution is 6.63. The first-order valence-electron chi connectivity index (χ1n) is 10.3. The molecule has 1 saturated heterocycles. The van der Waals surface area contributed by atoms with Crippen molar-refractivity contribution in [1.82, 2.24) is 0 Å². The van der Waals surface area contributed by atoms with E-state index in [1.807, 2.05) is 0 Å². The summed E-state index contributed by atoms with van der Waals surface area (Å²) in [5.74, 6) is -1.71. The number of halogens is 12. The molecule has 0 amide bonds. The Balaban J connectivity index is 2.20. The molecule has 0 atom stereocenters. The van der Waals surface area contributed by atoms with Crippen LogP contribution in [-0.4, -0.2) is 61.4 Å². The summed E-state index contributed by atoms with van der Waals surface area (Å²) in [5.41, 5.74) is -16.2. The summed E-state index contributed by atoms with van der Waals surface area (Å²) in [5, 5.41) is 0. The summed E-state index contributed by atoms with van der Waals surface area (Å²) >= 11 is 0. The summed E-state index contributed by atoms with van der Waals surface area (Å²) < 4.78 is 177. The third kappa shape index (κ3) is 4.66. The molecule has 1 fully saturated rings. The molecule has 0 spiro atoms. The standard InChI is InChI=1S/C19H14BF12NO4/c21-16(22,23)14(17(24,25)26)15(18(27,28)29,19(30,31)32)37-20(36-14)11-7-4-3-6-10(11)13(34)35-12-8-2-1-5-9-33-12/h3-4,6-7H,1-2,5,8-9H2. The Labute approximate surface area is 199 Å². The van der Waals surface area contributed by atoms with E-state index < -0.39 is 60.0 Å². The fourth-order valence-corrected chi connectivity index (χ4v) is 4.01. The summed E-state index contributed by atoms with van der Waals surface area (Å²) in [6, 6.07) is 2.94. The number of hydrogen-bond donors (Lipinski definition) is 0. The highest BCUT2D eigenvalue weighted by atomic mass is 19.4. The smallest absolute Gasteiger partial charge is 0.408 e. The first-order chi connectivity index (χ1) is 16.8. The number of benzene rings is 1. The number of nitrogens with zero attached hydrogens (tertiary/aromatic N) is 1. The second-order valence-corrected chi connectivity index (χ2v) is 7.98. The van der Waals surface area contributed by atoms with Crippen molar-refractivity contribution in [2.24, 2.45) is 4.99 Å². The molecule has 2 aliphatic rings. The van der Waals surface area contributed by atoms with E-state index in [-0.39, 0.29) is 18.9 Å². The summed E-state index contributed by atoms with van der Waals surface area (Å²) in [6.07, 6.45) is -27.5. The van der Waals surface area contributed by atoms with Gasteiger partial charge in [0.05, 0.1) is 5.56 Å². The number of ether oxygens (including phenoxy) is 1. The fourth-order valence-electron chi connectivity index (χ4n) is 4.01. The number of alkyl halides is 12. The molecule has 0 bridgehead atoms. The van der Waals surface area contributed by atoms with Gasteiger partial charge < -0.3 is 14.0 Å². The zero-order valence-corrected chi connectivity index (χ0v) is 18.0.